The van der Waals surface area contributed by atoms with Crippen LogP contribution < -0.4 is 9.64 Å². The predicted octanol–water partition coefficient (Wildman–Crippen LogP) is 4.11. The van der Waals surface area contributed by atoms with Crippen molar-refractivity contribution in [2.24, 2.45) is 0 Å². The lowest BCUT2D eigenvalue weighted by Gasteiger charge is -2.34. The number of amides is 1. The number of anilines is 1. The second-order valence-electron chi connectivity index (χ2n) is 7.27. The van der Waals surface area contributed by atoms with Crippen molar-refractivity contribution in [3.63, 3.8) is 0 Å². The summed E-state index contributed by atoms with van der Waals surface area (Å²) in [6, 6.07) is 5.66. The molecule has 1 aliphatic carbocycles. The Hall–Kier alpha value is -2.41. The molecule has 4 rings (SSSR count). The fourth-order valence-electron chi connectivity index (χ4n) is 3.76. The number of esters is 1. The van der Waals surface area contributed by atoms with Crippen molar-refractivity contribution in [3.05, 3.63) is 28.6 Å². The van der Waals surface area contributed by atoms with Crippen LogP contribution in [-0.4, -0.2) is 35.6 Å². The first-order valence-corrected chi connectivity index (χ1v) is 10.7. The summed E-state index contributed by atoms with van der Waals surface area (Å²) in [5.41, 5.74) is 2.34. The highest BCUT2D eigenvalue weighted by Gasteiger charge is 2.35. The quantitative estimate of drug-likeness (QED) is 0.707. The fourth-order valence-corrected chi connectivity index (χ4v) is 4.38. The van der Waals surface area contributed by atoms with Gasteiger partial charge in [-0.15, -0.1) is 11.3 Å². The molecule has 148 valence electrons. The summed E-state index contributed by atoms with van der Waals surface area (Å²) in [6.45, 7) is 3.76. The molecule has 1 amide bonds. The molecule has 0 bridgehead atoms. The van der Waals surface area contributed by atoms with Gasteiger partial charge in [-0.05, 0) is 57.2 Å². The number of aromatic nitrogens is 1. The number of fused-ring (bicyclic) bond motifs is 1. The third-order valence-corrected chi connectivity index (χ3v) is 6.01. The Morgan fingerprint density at radius 1 is 1.36 bits per heavy atom. The Morgan fingerprint density at radius 3 is 2.82 bits per heavy atom. The Balaban J connectivity index is 1.62. The molecule has 7 heteroatoms. The number of hydrogen-bond acceptors (Lipinski definition) is 6. The van der Waals surface area contributed by atoms with Crippen LogP contribution in [0.15, 0.2) is 23.6 Å². The van der Waals surface area contributed by atoms with Crippen molar-refractivity contribution in [1.29, 1.82) is 0 Å². The smallest absolute Gasteiger partial charge is 0.326 e. The molecule has 1 aliphatic heterocycles. The third-order valence-electron chi connectivity index (χ3n) is 5.23. The number of ether oxygens (including phenoxy) is 2. The molecule has 1 aromatic carbocycles. The van der Waals surface area contributed by atoms with E-state index in [1.54, 1.807) is 11.3 Å². The van der Waals surface area contributed by atoms with Gasteiger partial charge in [0.1, 0.15) is 18.4 Å². The first kappa shape index (κ1) is 18.9. The number of thiazole rings is 1. The van der Waals surface area contributed by atoms with Crippen LogP contribution in [0.25, 0.3) is 11.3 Å². The van der Waals surface area contributed by atoms with Gasteiger partial charge >= 0.3 is 5.97 Å². The highest BCUT2D eigenvalue weighted by atomic mass is 32.1. The van der Waals surface area contributed by atoms with Crippen molar-refractivity contribution in [2.75, 3.05) is 11.4 Å². The zero-order chi connectivity index (χ0) is 19.7. The third kappa shape index (κ3) is 3.76. The molecule has 1 saturated carbocycles. The molecule has 1 fully saturated rings. The first-order chi connectivity index (χ1) is 13.5. The van der Waals surface area contributed by atoms with Crippen LogP contribution in [0.3, 0.4) is 0 Å². The van der Waals surface area contributed by atoms with Crippen LogP contribution >= 0.6 is 11.3 Å². The average molecular weight is 401 g/mol. The van der Waals surface area contributed by atoms with E-state index >= 15 is 0 Å². The van der Waals surface area contributed by atoms with E-state index in [0.717, 1.165) is 41.9 Å². The van der Waals surface area contributed by atoms with Crippen molar-refractivity contribution in [3.8, 4) is 17.0 Å². The zero-order valence-electron chi connectivity index (χ0n) is 16.1. The van der Waals surface area contributed by atoms with Gasteiger partial charge in [-0.1, -0.05) is 6.92 Å². The Labute approximate surface area is 168 Å². The van der Waals surface area contributed by atoms with E-state index in [4.69, 9.17) is 9.47 Å². The summed E-state index contributed by atoms with van der Waals surface area (Å²) in [6.07, 6.45) is 3.93. The molecule has 0 N–H and O–H groups in total. The molecular formula is C21H24N2O4S. The van der Waals surface area contributed by atoms with Gasteiger partial charge in [0.25, 0.3) is 5.91 Å². The van der Waals surface area contributed by atoms with Crippen LogP contribution in [-0.2, 0) is 14.3 Å². The van der Waals surface area contributed by atoms with E-state index in [1.165, 1.54) is 4.90 Å². The number of nitrogens with zero attached hydrogens (tertiary/aromatic N) is 2. The molecule has 0 saturated heterocycles. The van der Waals surface area contributed by atoms with Gasteiger partial charge in [-0.2, -0.15) is 0 Å². The van der Waals surface area contributed by atoms with Crippen LogP contribution in [0.5, 0.6) is 5.75 Å². The summed E-state index contributed by atoms with van der Waals surface area (Å²) in [7, 11) is 0. The highest BCUT2D eigenvalue weighted by Crippen LogP contribution is 2.38. The van der Waals surface area contributed by atoms with Crippen LogP contribution in [0.1, 0.15) is 44.0 Å². The molecule has 2 aromatic rings. The van der Waals surface area contributed by atoms with Crippen LogP contribution in [0, 0.1) is 6.92 Å². The predicted molar refractivity (Wildman–Crippen MR) is 108 cm³/mol. The fraction of sp³-hybridized carbons (Fsp3) is 0.476. The molecule has 28 heavy (non-hydrogen) atoms. The topological polar surface area (TPSA) is 68.7 Å². The van der Waals surface area contributed by atoms with Crippen molar-refractivity contribution in [1.82, 2.24) is 4.98 Å². The summed E-state index contributed by atoms with van der Waals surface area (Å²) in [5, 5.41) is 2.96. The van der Waals surface area contributed by atoms with E-state index in [1.807, 2.05) is 37.4 Å². The van der Waals surface area contributed by atoms with Crippen molar-refractivity contribution < 1.29 is 19.1 Å². The number of benzene rings is 1. The maximum absolute atomic E-state index is 12.9. The minimum atomic E-state index is -0.584. The molecule has 2 aliphatic rings. The lowest BCUT2D eigenvalue weighted by molar-refractivity contribution is -0.148. The number of hydrogen-bond donors (Lipinski definition) is 0. The highest BCUT2D eigenvalue weighted by molar-refractivity contribution is 7.09. The summed E-state index contributed by atoms with van der Waals surface area (Å²) < 4.78 is 11.5. The molecular weight excluding hydrogens is 376 g/mol. The van der Waals surface area contributed by atoms with E-state index in [0.29, 0.717) is 17.9 Å². The SMILES string of the molecule is CCC1Oc2ccc(-c3csc(C)n3)cc2N(CC(=O)OC2CCCC2)C1=O. The molecule has 2 heterocycles. The van der Waals surface area contributed by atoms with E-state index < -0.39 is 6.10 Å². The number of aryl methyl sites for hydroxylation is 1. The maximum atomic E-state index is 12.9. The summed E-state index contributed by atoms with van der Waals surface area (Å²) in [4.78, 5) is 31.5. The van der Waals surface area contributed by atoms with Gasteiger partial charge in [0, 0.05) is 10.9 Å². The summed E-state index contributed by atoms with van der Waals surface area (Å²) in [5.74, 6) is 0.0404. The molecule has 0 radical (unpaired) electrons. The van der Waals surface area contributed by atoms with Gasteiger partial charge in [0.05, 0.1) is 16.4 Å². The number of rotatable bonds is 5. The van der Waals surface area contributed by atoms with E-state index in [2.05, 4.69) is 4.98 Å². The zero-order valence-corrected chi connectivity index (χ0v) is 17.0. The monoisotopic (exact) mass is 400 g/mol. The van der Waals surface area contributed by atoms with Crippen molar-refractivity contribution in [2.45, 2.75) is 58.2 Å². The van der Waals surface area contributed by atoms with Crippen LogP contribution in [0.4, 0.5) is 5.69 Å². The molecule has 1 aromatic heterocycles. The number of carbonyl (C=O) groups is 2. The van der Waals surface area contributed by atoms with Gasteiger partial charge < -0.3 is 9.47 Å². The second kappa shape index (κ2) is 7.91. The minimum absolute atomic E-state index is 0.0191. The lowest BCUT2D eigenvalue weighted by Crippen LogP contribution is -2.48. The van der Waals surface area contributed by atoms with Crippen LogP contribution in [0.2, 0.25) is 0 Å². The number of carbonyl (C=O) groups excluding carboxylic acids is 2. The Bertz CT molecular complexity index is 888. The standard InChI is InChI=1S/C21H24N2O4S/c1-3-18-21(25)23(11-20(24)26-15-6-4-5-7-15)17-10-14(8-9-19(17)27-18)16-12-28-13(2)22-16/h8-10,12,15,18H,3-7,11H2,1-2H3. The van der Waals surface area contributed by atoms with Crippen molar-refractivity contribution >= 4 is 28.9 Å². The largest absolute Gasteiger partial charge is 0.478 e. The minimum Gasteiger partial charge on any atom is -0.478 e. The molecule has 1 atom stereocenters. The molecule has 0 spiro atoms. The maximum Gasteiger partial charge on any atom is 0.326 e. The second-order valence-corrected chi connectivity index (χ2v) is 8.33. The van der Waals surface area contributed by atoms with Gasteiger partial charge in [-0.3, -0.25) is 14.5 Å². The van der Waals surface area contributed by atoms with E-state index in [-0.39, 0.29) is 24.5 Å². The Kier molecular flexibility index (Phi) is 5.35. The van der Waals surface area contributed by atoms with Gasteiger partial charge in [-0.25, -0.2) is 4.98 Å². The Morgan fingerprint density at radius 2 is 2.14 bits per heavy atom. The molecule has 1 unspecified atom stereocenters. The van der Waals surface area contributed by atoms with E-state index in [9.17, 15) is 9.59 Å². The van der Waals surface area contributed by atoms with Gasteiger partial charge in [0.15, 0.2) is 6.10 Å². The summed E-state index contributed by atoms with van der Waals surface area (Å²) >= 11 is 1.57. The lowest BCUT2D eigenvalue weighted by atomic mass is 10.1. The van der Waals surface area contributed by atoms with Gasteiger partial charge in [0.2, 0.25) is 0 Å². The molecule has 6 nitrogen and oxygen atoms in total. The first-order valence-electron chi connectivity index (χ1n) is 9.79. The normalized spacial score (nSPS) is 19.4. The average Bonchev–Trinajstić information content (AvgIpc) is 3.35.